The standard InChI is InChI=1S/C54H31N3/c1-3-17-35(18-4-1)55(36-19-5-2-6-20-36)46-25-13-24-40-41-28-33-15-8-11-22-38(33)50-43-30-47-42(31-48(43)57(52(40)46)53(41)50)51-39-23-12-9-16-34(39)29-44-49-37-21-10-7-14-32(37)26-27-45(49)56(47)54(44)51/h1-31H. The number of aromatic nitrogens is 2. The van der Waals surface area contributed by atoms with Crippen LogP contribution in [0.5, 0.6) is 0 Å². The number of hydrogen-bond donors (Lipinski definition) is 0. The molecule has 0 atom stereocenters. The zero-order valence-corrected chi connectivity index (χ0v) is 30.7. The van der Waals surface area contributed by atoms with Crippen LogP contribution in [0.15, 0.2) is 188 Å². The summed E-state index contributed by atoms with van der Waals surface area (Å²) in [7, 11) is 0. The van der Waals surface area contributed by atoms with Gasteiger partial charge >= 0.3 is 0 Å². The summed E-state index contributed by atoms with van der Waals surface area (Å²) in [5.74, 6) is 0. The van der Waals surface area contributed by atoms with Gasteiger partial charge in [-0.1, -0.05) is 127 Å². The van der Waals surface area contributed by atoms with Crippen LogP contribution in [-0.4, -0.2) is 8.80 Å². The predicted molar refractivity (Wildman–Crippen MR) is 243 cm³/mol. The molecule has 0 spiro atoms. The molecule has 0 radical (unpaired) electrons. The van der Waals surface area contributed by atoms with E-state index >= 15 is 0 Å². The third kappa shape index (κ3) is 3.67. The molecule has 0 amide bonds. The Balaban J connectivity index is 1.24. The molecular formula is C54H31N3. The average Bonchev–Trinajstić information content (AvgIpc) is 3.99. The topological polar surface area (TPSA) is 12.1 Å². The minimum atomic E-state index is 1.13. The molecule has 3 nitrogen and oxygen atoms in total. The first-order chi connectivity index (χ1) is 28.3. The van der Waals surface area contributed by atoms with Gasteiger partial charge in [0.05, 0.1) is 38.8 Å². The molecule has 0 fully saturated rings. The summed E-state index contributed by atoms with van der Waals surface area (Å²) in [4.78, 5) is 2.42. The first-order valence-corrected chi connectivity index (χ1v) is 19.8. The van der Waals surface area contributed by atoms with Gasteiger partial charge in [-0.15, -0.1) is 0 Å². The van der Waals surface area contributed by atoms with E-state index in [1.807, 2.05) is 0 Å². The molecule has 57 heavy (non-hydrogen) atoms. The largest absolute Gasteiger partial charge is 0.308 e. The molecule has 0 aliphatic carbocycles. The lowest BCUT2D eigenvalue weighted by Crippen LogP contribution is -2.10. The highest BCUT2D eigenvalue weighted by Gasteiger charge is 2.27. The SMILES string of the molecule is c1ccc(N(c2ccccc2)c2cccc3c4cc5ccccc5c5c6cc7c(cc6n(c23)c45)c2c3ccccc3cc3c4c5ccccc5ccc4n7c32)cc1. The van der Waals surface area contributed by atoms with Gasteiger partial charge in [0.2, 0.25) is 0 Å². The normalized spacial score (nSPS) is 12.6. The monoisotopic (exact) mass is 721 g/mol. The van der Waals surface area contributed by atoms with Gasteiger partial charge in [0.1, 0.15) is 0 Å². The molecule has 0 unspecified atom stereocenters. The Bertz CT molecular complexity index is 3930. The number of nitrogens with zero attached hydrogens (tertiary/aromatic N) is 3. The molecular weight excluding hydrogens is 691 g/mol. The van der Waals surface area contributed by atoms with Crippen molar-refractivity contribution in [2.45, 2.75) is 0 Å². The summed E-state index contributed by atoms with van der Waals surface area (Å²) in [6.45, 7) is 0. The van der Waals surface area contributed by atoms with Crippen LogP contribution < -0.4 is 4.90 Å². The van der Waals surface area contributed by atoms with Gasteiger partial charge in [-0.2, -0.15) is 0 Å². The molecule has 0 bridgehead atoms. The fraction of sp³-hybridized carbons (Fsp3) is 0. The summed E-state index contributed by atoms with van der Waals surface area (Å²) in [5, 5.41) is 18.1. The molecule has 14 aromatic rings. The minimum Gasteiger partial charge on any atom is -0.308 e. The van der Waals surface area contributed by atoms with Crippen molar-refractivity contribution >= 4 is 126 Å². The molecule has 0 aliphatic heterocycles. The van der Waals surface area contributed by atoms with Crippen LogP contribution >= 0.6 is 0 Å². The van der Waals surface area contributed by atoms with E-state index < -0.39 is 0 Å². The van der Waals surface area contributed by atoms with Gasteiger partial charge in [-0.25, -0.2) is 0 Å². The average molecular weight is 722 g/mol. The zero-order valence-electron chi connectivity index (χ0n) is 30.7. The number of fused-ring (bicyclic) bond motifs is 18. The van der Waals surface area contributed by atoms with Crippen molar-refractivity contribution in [1.82, 2.24) is 8.80 Å². The fourth-order valence-corrected chi connectivity index (χ4v) is 10.6. The highest BCUT2D eigenvalue weighted by Crippen LogP contribution is 2.51. The van der Waals surface area contributed by atoms with Crippen LogP contribution in [-0.2, 0) is 0 Å². The Kier molecular flexibility index (Phi) is 5.51. The first-order valence-electron chi connectivity index (χ1n) is 19.8. The number of rotatable bonds is 3. The lowest BCUT2D eigenvalue weighted by atomic mass is 9.97. The van der Waals surface area contributed by atoms with Gasteiger partial charge in [-0.05, 0) is 93.0 Å². The van der Waals surface area contributed by atoms with Crippen molar-refractivity contribution in [2.24, 2.45) is 0 Å². The summed E-state index contributed by atoms with van der Waals surface area (Å²) in [5.41, 5.74) is 11.0. The summed E-state index contributed by atoms with van der Waals surface area (Å²) < 4.78 is 5.17. The Morgan fingerprint density at radius 3 is 1.44 bits per heavy atom. The van der Waals surface area contributed by atoms with Gasteiger partial charge in [0.25, 0.3) is 0 Å². The van der Waals surface area contributed by atoms with Gasteiger partial charge in [0.15, 0.2) is 0 Å². The maximum Gasteiger partial charge on any atom is 0.0782 e. The Hall–Kier alpha value is -7.62. The lowest BCUT2D eigenvalue weighted by molar-refractivity contribution is 1.27. The van der Waals surface area contributed by atoms with Crippen molar-refractivity contribution in [2.75, 3.05) is 4.90 Å². The maximum absolute atomic E-state index is 2.60. The molecule has 0 saturated carbocycles. The summed E-state index contributed by atoms with van der Waals surface area (Å²) in [6, 6.07) is 69.7. The van der Waals surface area contributed by atoms with E-state index in [0.29, 0.717) is 0 Å². The molecule has 3 heteroatoms. The molecule has 10 aromatic carbocycles. The van der Waals surface area contributed by atoms with Crippen LogP contribution in [0, 0.1) is 0 Å². The summed E-state index contributed by atoms with van der Waals surface area (Å²) in [6.07, 6.45) is 0. The van der Waals surface area contributed by atoms with E-state index in [0.717, 1.165) is 17.1 Å². The lowest BCUT2D eigenvalue weighted by Gasteiger charge is -2.26. The second kappa shape index (κ2) is 10.6. The van der Waals surface area contributed by atoms with Crippen molar-refractivity contribution in [3.8, 4) is 0 Å². The molecule has 4 heterocycles. The molecule has 262 valence electrons. The van der Waals surface area contributed by atoms with Crippen LogP contribution in [0.3, 0.4) is 0 Å². The van der Waals surface area contributed by atoms with E-state index in [9.17, 15) is 0 Å². The van der Waals surface area contributed by atoms with E-state index in [1.54, 1.807) is 0 Å². The van der Waals surface area contributed by atoms with Crippen LogP contribution in [0.25, 0.3) is 109 Å². The van der Waals surface area contributed by atoms with Gasteiger partial charge < -0.3 is 13.7 Å². The first kappa shape index (κ1) is 29.7. The maximum atomic E-state index is 2.60. The third-order valence-corrected chi connectivity index (χ3v) is 12.8. The van der Waals surface area contributed by atoms with E-state index in [1.165, 1.54) is 109 Å². The second-order valence-corrected chi connectivity index (χ2v) is 15.7. The molecule has 0 saturated heterocycles. The van der Waals surface area contributed by atoms with Crippen LogP contribution in [0.4, 0.5) is 17.1 Å². The van der Waals surface area contributed by atoms with E-state index in [2.05, 4.69) is 202 Å². The van der Waals surface area contributed by atoms with E-state index in [-0.39, 0.29) is 0 Å². The predicted octanol–water partition coefficient (Wildman–Crippen LogP) is 14.9. The zero-order chi connectivity index (χ0) is 36.9. The van der Waals surface area contributed by atoms with Crippen molar-refractivity contribution in [3.63, 3.8) is 0 Å². The molecule has 0 aliphatic rings. The highest BCUT2D eigenvalue weighted by molar-refractivity contribution is 6.38. The molecule has 14 rings (SSSR count). The summed E-state index contributed by atoms with van der Waals surface area (Å²) >= 11 is 0. The Labute approximate surface area is 326 Å². The highest BCUT2D eigenvalue weighted by atomic mass is 15.2. The number of anilines is 3. The van der Waals surface area contributed by atoms with Gasteiger partial charge in [-0.3, -0.25) is 0 Å². The minimum absolute atomic E-state index is 1.13. The number of para-hydroxylation sites is 3. The van der Waals surface area contributed by atoms with Crippen molar-refractivity contribution in [1.29, 1.82) is 0 Å². The number of hydrogen-bond acceptors (Lipinski definition) is 1. The van der Waals surface area contributed by atoms with Gasteiger partial charge in [0, 0.05) is 54.5 Å². The smallest absolute Gasteiger partial charge is 0.0782 e. The van der Waals surface area contributed by atoms with Crippen LogP contribution in [0.2, 0.25) is 0 Å². The Morgan fingerprint density at radius 1 is 0.281 bits per heavy atom. The molecule has 0 N–H and O–H groups in total. The third-order valence-electron chi connectivity index (χ3n) is 12.8. The quantitative estimate of drug-likeness (QED) is 0.177. The van der Waals surface area contributed by atoms with E-state index in [4.69, 9.17) is 0 Å². The second-order valence-electron chi connectivity index (χ2n) is 15.7. The Morgan fingerprint density at radius 2 is 0.789 bits per heavy atom. The molecule has 4 aromatic heterocycles. The van der Waals surface area contributed by atoms with Crippen LogP contribution in [0.1, 0.15) is 0 Å². The van der Waals surface area contributed by atoms with Crippen molar-refractivity contribution in [3.05, 3.63) is 188 Å². The fourth-order valence-electron chi connectivity index (χ4n) is 10.6. The van der Waals surface area contributed by atoms with Crippen molar-refractivity contribution < 1.29 is 0 Å². The number of benzene rings is 10.